The van der Waals surface area contributed by atoms with Crippen LogP contribution in [0.1, 0.15) is 37.4 Å². The number of fused-ring (bicyclic) bond motifs is 1. The summed E-state index contributed by atoms with van der Waals surface area (Å²) in [6.45, 7) is 3.09. The first-order valence-electron chi connectivity index (χ1n) is 7.21. The standard InChI is InChI=1S/C14H22N4O/c1-15-14(19)7-13-10-17(8-11-3-2-4-11)9-12-5-6-16-18(12)13/h5-6,11,13H,2-4,7-10H2,1H3,(H,15,19)/t13-/m0/s1. The lowest BCUT2D eigenvalue weighted by atomic mass is 9.85. The third kappa shape index (κ3) is 2.66. The quantitative estimate of drug-likeness (QED) is 0.886. The van der Waals surface area contributed by atoms with Gasteiger partial charge in [-0.05, 0) is 24.8 Å². The van der Waals surface area contributed by atoms with Crippen molar-refractivity contribution >= 4 is 5.91 Å². The molecule has 1 atom stereocenters. The van der Waals surface area contributed by atoms with E-state index in [0.29, 0.717) is 6.42 Å². The molecule has 5 heteroatoms. The predicted octanol–water partition coefficient (Wildman–Crippen LogP) is 1.18. The zero-order valence-corrected chi connectivity index (χ0v) is 11.5. The summed E-state index contributed by atoms with van der Waals surface area (Å²) in [7, 11) is 1.70. The highest BCUT2D eigenvalue weighted by Gasteiger charge is 2.29. The van der Waals surface area contributed by atoms with Crippen LogP contribution >= 0.6 is 0 Å². The second kappa shape index (κ2) is 5.33. The molecule has 1 saturated carbocycles. The Bertz CT molecular complexity index is 452. The first-order valence-corrected chi connectivity index (χ1v) is 7.21. The topological polar surface area (TPSA) is 50.2 Å². The summed E-state index contributed by atoms with van der Waals surface area (Å²) in [6.07, 6.45) is 6.50. The van der Waals surface area contributed by atoms with Crippen LogP contribution in [0.3, 0.4) is 0 Å². The van der Waals surface area contributed by atoms with E-state index in [4.69, 9.17) is 0 Å². The van der Waals surface area contributed by atoms with Gasteiger partial charge in [-0.1, -0.05) is 6.42 Å². The molecule has 1 fully saturated rings. The summed E-state index contributed by atoms with van der Waals surface area (Å²) in [4.78, 5) is 14.1. The molecule has 1 N–H and O–H groups in total. The molecule has 2 aliphatic rings. The summed E-state index contributed by atoms with van der Waals surface area (Å²) in [5.74, 6) is 0.965. The van der Waals surface area contributed by atoms with Gasteiger partial charge in [-0.3, -0.25) is 14.4 Å². The van der Waals surface area contributed by atoms with Gasteiger partial charge >= 0.3 is 0 Å². The zero-order valence-electron chi connectivity index (χ0n) is 11.5. The minimum atomic E-state index is 0.0944. The molecule has 0 bridgehead atoms. The molecule has 1 aliphatic heterocycles. The van der Waals surface area contributed by atoms with Gasteiger partial charge in [0.1, 0.15) is 0 Å². The smallest absolute Gasteiger partial charge is 0.221 e. The Kier molecular flexibility index (Phi) is 3.55. The van der Waals surface area contributed by atoms with Crippen LogP contribution in [0, 0.1) is 5.92 Å². The van der Waals surface area contributed by atoms with Crippen molar-refractivity contribution in [1.82, 2.24) is 20.0 Å². The van der Waals surface area contributed by atoms with E-state index >= 15 is 0 Å². The maximum atomic E-state index is 11.6. The summed E-state index contributed by atoms with van der Waals surface area (Å²) in [5, 5.41) is 7.10. The third-order valence-electron chi connectivity index (χ3n) is 4.39. The minimum Gasteiger partial charge on any atom is -0.359 e. The van der Waals surface area contributed by atoms with Crippen LogP contribution in [0.25, 0.3) is 0 Å². The molecule has 0 spiro atoms. The lowest BCUT2D eigenvalue weighted by Crippen LogP contribution is -2.42. The summed E-state index contributed by atoms with van der Waals surface area (Å²) in [6, 6.07) is 2.25. The highest BCUT2D eigenvalue weighted by atomic mass is 16.1. The monoisotopic (exact) mass is 262 g/mol. The number of nitrogens with one attached hydrogen (secondary N) is 1. The number of hydrogen-bond acceptors (Lipinski definition) is 3. The van der Waals surface area contributed by atoms with Gasteiger partial charge < -0.3 is 5.32 Å². The number of rotatable bonds is 4. The van der Waals surface area contributed by atoms with Gasteiger partial charge in [-0.15, -0.1) is 0 Å². The molecule has 1 amide bonds. The van der Waals surface area contributed by atoms with E-state index in [-0.39, 0.29) is 11.9 Å². The van der Waals surface area contributed by atoms with Gasteiger partial charge in [0.2, 0.25) is 5.91 Å². The Hall–Kier alpha value is -1.36. The predicted molar refractivity (Wildman–Crippen MR) is 72.6 cm³/mol. The van der Waals surface area contributed by atoms with E-state index in [2.05, 4.69) is 21.4 Å². The second-order valence-corrected chi connectivity index (χ2v) is 5.79. The van der Waals surface area contributed by atoms with Crippen molar-refractivity contribution in [2.24, 2.45) is 5.92 Å². The number of hydrogen-bond donors (Lipinski definition) is 1. The molecule has 1 aromatic rings. The maximum Gasteiger partial charge on any atom is 0.221 e. The van der Waals surface area contributed by atoms with Crippen LogP contribution in [0.15, 0.2) is 12.3 Å². The summed E-state index contributed by atoms with van der Waals surface area (Å²) >= 11 is 0. The first-order chi connectivity index (χ1) is 9.26. The number of carbonyl (C=O) groups is 1. The van der Waals surface area contributed by atoms with Gasteiger partial charge in [0.05, 0.1) is 18.2 Å². The van der Waals surface area contributed by atoms with Gasteiger partial charge in [0, 0.05) is 32.9 Å². The minimum absolute atomic E-state index is 0.0944. The normalized spacial score (nSPS) is 23.7. The molecule has 0 radical (unpaired) electrons. The van der Waals surface area contributed by atoms with Gasteiger partial charge in [0.25, 0.3) is 0 Å². The van der Waals surface area contributed by atoms with Gasteiger partial charge in [-0.2, -0.15) is 5.10 Å². The average molecular weight is 262 g/mol. The molecular formula is C14H22N4O. The molecule has 3 rings (SSSR count). The molecule has 0 aromatic carbocycles. The van der Waals surface area contributed by atoms with Crippen molar-refractivity contribution in [2.45, 2.75) is 38.3 Å². The number of amides is 1. The molecule has 0 unspecified atom stereocenters. The summed E-state index contributed by atoms with van der Waals surface area (Å²) in [5.41, 5.74) is 1.24. The van der Waals surface area contributed by atoms with Crippen molar-refractivity contribution in [2.75, 3.05) is 20.1 Å². The lowest BCUT2D eigenvalue weighted by Gasteiger charge is -2.37. The molecular weight excluding hydrogens is 240 g/mol. The van der Waals surface area contributed by atoms with E-state index in [9.17, 15) is 4.79 Å². The van der Waals surface area contributed by atoms with Crippen molar-refractivity contribution in [3.8, 4) is 0 Å². The lowest BCUT2D eigenvalue weighted by molar-refractivity contribution is -0.121. The fourth-order valence-electron chi connectivity index (χ4n) is 3.11. The number of carbonyl (C=O) groups excluding carboxylic acids is 1. The molecule has 1 aromatic heterocycles. The third-order valence-corrected chi connectivity index (χ3v) is 4.39. The van der Waals surface area contributed by atoms with E-state index < -0.39 is 0 Å². The van der Waals surface area contributed by atoms with E-state index in [1.807, 2.05) is 10.9 Å². The van der Waals surface area contributed by atoms with Crippen molar-refractivity contribution in [3.05, 3.63) is 18.0 Å². The molecule has 2 heterocycles. The Morgan fingerprint density at radius 3 is 3.05 bits per heavy atom. The number of nitrogens with zero attached hydrogens (tertiary/aromatic N) is 3. The summed E-state index contributed by atoms with van der Waals surface area (Å²) < 4.78 is 2.03. The average Bonchev–Trinajstić information content (AvgIpc) is 2.82. The highest BCUT2D eigenvalue weighted by Crippen LogP contribution is 2.30. The number of aromatic nitrogens is 2. The fourth-order valence-corrected chi connectivity index (χ4v) is 3.11. The molecule has 0 saturated heterocycles. The Balaban J connectivity index is 1.69. The highest BCUT2D eigenvalue weighted by molar-refractivity contribution is 5.76. The van der Waals surface area contributed by atoms with Crippen LogP contribution in [0.4, 0.5) is 0 Å². The molecule has 19 heavy (non-hydrogen) atoms. The van der Waals surface area contributed by atoms with Crippen LogP contribution < -0.4 is 5.32 Å². The van der Waals surface area contributed by atoms with E-state index in [1.165, 1.54) is 31.5 Å². The van der Waals surface area contributed by atoms with Crippen molar-refractivity contribution in [1.29, 1.82) is 0 Å². The van der Waals surface area contributed by atoms with E-state index in [0.717, 1.165) is 19.0 Å². The van der Waals surface area contributed by atoms with Crippen molar-refractivity contribution < 1.29 is 4.79 Å². The van der Waals surface area contributed by atoms with Crippen LogP contribution in [-0.4, -0.2) is 40.7 Å². The Morgan fingerprint density at radius 1 is 1.53 bits per heavy atom. The van der Waals surface area contributed by atoms with Crippen LogP contribution in [-0.2, 0) is 11.3 Å². The molecule has 104 valence electrons. The fraction of sp³-hybridized carbons (Fsp3) is 0.714. The Labute approximate surface area is 114 Å². The maximum absolute atomic E-state index is 11.6. The second-order valence-electron chi connectivity index (χ2n) is 5.79. The zero-order chi connectivity index (χ0) is 13.2. The van der Waals surface area contributed by atoms with Crippen molar-refractivity contribution in [3.63, 3.8) is 0 Å². The molecule has 1 aliphatic carbocycles. The van der Waals surface area contributed by atoms with Crippen LogP contribution in [0.5, 0.6) is 0 Å². The Morgan fingerprint density at radius 2 is 2.37 bits per heavy atom. The van der Waals surface area contributed by atoms with Gasteiger partial charge in [0.15, 0.2) is 0 Å². The van der Waals surface area contributed by atoms with E-state index in [1.54, 1.807) is 7.05 Å². The van der Waals surface area contributed by atoms with Gasteiger partial charge in [-0.25, -0.2) is 0 Å². The van der Waals surface area contributed by atoms with Crippen LogP contribution in [0.2, 0.25) is 0 Å². The first kappa shape index (κ1) is 12.7. The SMILES string of the molecule is CNC(=O)C[C@H]1CN(CC2CCC2)Cc2ccnn21. The largest absolute Gasteiger partial charge is 0.359 e. The molecule has 5 nitrogen and oxygen atoms in total.